The van der Waals surface area contributed by atoms with Crippen LogP contribution >= 0.6 is 0 Å². The van der Waals surface area contributed by atoms with Crippen molar-refractivity contribution in [1.82, 2.24) is 4.98 Å². The number of H-pyrrole nitrogens is 1. The van der Waals surface area contributed by atoms with Gasteiger partial charge >= 0.3 is 5.97 Å². The summed E-state index contributed by atoms with van der Waals surface area (Å²) in [6, 6.07) is 3.48. The first kappa shape index (κ1) is 18.6. The number of hydrogen-bond acceptors (Lipinski definition) is 5. The number of aromatic amines is 1. The fourth-order valence-corrected chi connectivity index (χ4v) is 3.66. The van der Waals surface area contributed by atoms with Crippen molar-refractivity contribution in [3.63, 3.8) is 0 Å². The molecule has 7 nitrogen and oxygen atoms in total. The van der Waals surface area contributed by atoms with Crippen LogP contribution in [-0.4, -0.2) is 37.9 Å². The number of carbonyl (C=O) groups is 1. The molecule has 7 N–H and O–H groups in total. The van der Waals surface area contributed by atoms with E-state index in [0.29, 0.717) is 35.2 Å². The first-order valence-corrected chi connectivity index (χ1v) is 8.71. The lowest BCUT2D eigenvalue weighted by Gasteiger charge is -2.17. The van der Waals surface area contributed by atoms with Crippen LogP contribution in [0.5, 0.6) is 0 Å². The van der Waals surface area contributed by atoms with Crippen molar-refractivity contribution in [2.45, 2.75) is 45.0 Å². The van der Waals surface area contributed by atoms with Crippen LogP contribution in [-0.2, 0) is 26.2 Å². The molecule has 2 aromatic rings. The van der Waals surface area contributed by atoms with Gasteiger partial charge in [-0.2, -0.15) is 0 Å². The molecular formula is C19H24N2O5. The third kappa shape index (κ3) is 3.14. The van der Waals surface area contributed by atoms with Crippen LogP contribution in [0.25, 0.3) is 11.1 Å². The molecule has 26 heavy (non-hydrogen) atoms. The van der Waals surface area contributed by atoms with Gasteiger partial charge in [-0.3, -0.25) is 0 Å². The molecule has 7 heteroatoms. The molecule has 1 saturated carbocycles. The Hall–Kier alpha value is -2.19. The Morgan fingerprint density at radius 2 is 1.81 bits per heavy atom. The van der Waals surface area contributed by atoms with Crippen LogP contribution in [0.1, 0.15) is 57.2 Å². The number of nitrogens with one attached hydrogen (secondary N) is 1. The summed E-state index contributed by atoms with van der Waals surface area (Å²) < 4.78 is 0. The Morgan fingerprint density at radius 1 is 1.12 bits per heavy atom. The van der Waals surface area contributed by atoms with Crippen molar-refractivity contribution >= 4 is 5.97 Å². The minimum absolute atomic E-state index is 0.167. The Kier molecular flexibility index (Phi) is 5.43. The number of aliphatic hydroxyl groups excluding tert-OH is 3. The Labute approximate surface area is 151 Å². The van der Waals surface area contributed by atoms with Crippen molar-refractivity contribution in [1.29, 1.82) is 0 Å². The number of carboxylic acids is 1. The second-order valence-corrected chi connectivity index (χ2v) is 6.59. The summed E-state index contributed by atoms with van der Waals surface area (Å²) in [4.78, 5) is 14.8. The fourth-order valence-electron chi connectivity index (χ4n) is 3.66. The zero-order valence-electron chi connectivity index (χ0n) is 14.5. The number of carboxylic acid groups (broad SMARTS) is 1. The highest BCUT2D eigenvalue weighted by Gasteiger charge is 2.35. The summed E-state index contributed by atoms with van der Waals surface area (Å²) in [5.74, 6) is -0.850. The Bertz CT molecular complexity index is 824. The van der Waals surface area contributed by atoms with Gasteiger partial charge in [-0.05, 0) is 53.1 Å². The highest BCUT2D eigenvalue weighted by Crippen LogP contribution is 2.48. The molecule has 0 atom stereocenters. The summed E-state index contributed by atoms with van der Waals surface area (Å²) in [6.07, 6.45) is 2.32. The highest BCUT2D eigenvalue weighted by atomic mass is 16.4. The van der Waals surface area contributed by atoms with Crippen LogP contribution in [0, 0.1) is 0 Å². The topological polar surface area (TPSA) is 140 Å². The molecule has 3 rings (SSSR count). The molecule has 1 aromatic heterocycles. The van der Waals surface area contributed by atoms with E-state index in [1.54, 1.807) is 12.1 Å². The standard InChI is InChI=1S/C19H24N2O5/c20-6-5-15-17(16(10-1-2-10)18(21-15)19(25)26)12-4-3-11(7-22)13(8-23)14(12)9-24/h3-4,10,21-24H,1-2,5-9,20H2,(H,25,26). The monoisotopic (exact) mass is 360 g/mol. The second-order valence-electron chi connectivity index (χ2n) is 6.59. The SMILES string of the molecule is NCCc1[nH]c(C(=O)O)c(C2CC2)c1-c1ccc(CO)c(CO)c1CO. The van der Waals surface area contributed by atoms with Crippen LogP contribution in [0.2, 0.25) is 0 Å². The van der Waals surface area contributed by atoms with Gasteiger partial charge in [0.1, 0.15) is 5.69 Å². The van der Waals surface area contributed by atoms with Gasteiger partial charge in [0, 0.05) is 17.7 Å². The smallest absolute Gasteiger partial charge is 0.352 e. The molecule has 0 saturated heterocycles. The van der Waals surface area contributed by atoms with E-state index in [0.717, 1.165) is 29.7 Å². The highest BCUT2D eigenvalue weighted by molar-refractivity contribution is 5.93. The Morgan fingerprint density at radius 3 is 2.31 bits per heavy atom. The van der Waals surface area contributed by atoms with Gasteiger partial charge in [0.15, 0.2) is 0 Å². The molecule has 0 aliphatic heterocycles. The number of nitrogens with two attached hydrogens (primary N) is 1. The predicted octanol–water partition coefficient (Wildman–Crippen LogP) is 1.24. The number of hydrogen-bond donors (Lipinski definition) is 6. The zero-order valence-corrected chi connectivity index (χ0v) is 14.5. The van der Waals surface area contributed by atoms with Crippen molar-refractivity contribution in [2.24, 2.45) is 5.73 Å². The molecule has 1 heterocycles. The Balaban J connectivity index is 2.31. The molecular weight excluding hydrogens is 336 g/mol. The quantitative estimate of drug-likeness (QED) is 0.418. The molecule has 140 valence electrons. The minimum Gasteiger partial charge on any atom is -0.477 e. The van der Waals surface area contributed by atoms with Crippen LogP contribution in [0.15, 0.2) is 12.1 Å². The number of aromatic nitrogens is 1. The normalized spacial score (nSPS) is 14.0. The van der Waals surface area contributed by atoms with E-state index in [2.05, 4.69) is 4.98 Å². The summed E-state index contributed by atoms with van der Waals surface area (Å²) in [5, 5.41) is 38.8. The van der Waals surface area contributed by atoms with E-state index < -0.39 is 5.97 Å². The lowest BCUT2D eigenvalue weighted by molar-refractivity contribution is 0.0689. The van der Waals surface area contributed by atoms with Crippen molar-refractivity contribution in [2.75, 3.05) is 6.54 Å². The van der Waals surface area contributed by atoms with Gasteiger partial charge in [0.2, 0.25) is 0 Å². The molecule has 0 unspecified atom stereocenters. The maximum atomic E-state index is 11.7. The zero-order chi connectivity index (χ0) is 18.8. The molecule has 0 radical (unpaired) electrons. The first-order chi connectivity index (χ1) is 12.6. The van der Waals surface area contributed by atoms with E-state index in [4.69, 9.17) is 5.73 Å². The minimum atomic E-state index is -1.02. The number of aromatic carboxylic acids is 1. The van der Waals surface area contributed by atoms with Gasteiger partial charge in [-0.25, -0.2) is 4.79 Å². The third-order valence-electron chi connectivity index (χ3n) is 4.99. The molecule has 1 aliphatic carbocycles. The van der Waals surface area contributed by atoms with Gasteiger partial charge < -0.3 is 31.1 Å². The van der Waals surface area contributed by atoms with Crippen molar-refractivity contribution in [3.05, 3.63) is 45.8 Å². The van der Waals surface area contributed by atoms with Crippen LogP contribution in [0.3, 0.4) is 0 Å². The first-order valence-electron chi connectivity index (χ1n) is 8.71. The molecule has 1 aliphatic rings. The number of aliphatic hydroxyl groups is 3. The van der Waals surface area contributed by atoms with E-state index in [1.165, 1.54) is 0 Å². The van der Waals surface area contributed by atoms with Crippen molar-refractivity contribution < 1.29 is 25.2 Å². The molecule has 0 spiro atoms. The predicted molar refractivity (Wildman–Crippen MR) is 95.7 cm³/mol. The maximum Gasteiger partial charge on any atom is 0.352 e. The average molecular weight is 360 g/mol. The van der Waals surface area contributed by atoms with Gasteiger partial charge in [-0.15, -0.1) is 0 Å². The molecule has 1 fully saturated rings. The fraction of sp³-hybridized carbons (Fsp3) is 0.421. The van der Waals surface area contributed by atoms with Crippen LogP contribution < -0.4 is 5.73 Å². The van der Waals surface area contributed by atoms with Gasteiger partial charge in [0.05, 0.1) is 19.8 Å². The lowest BCUT2D eigenvalue weighted by Crippen LogP contribution is -2.07. The van der Waals surface area contributed by atoms with Gasteiger partial charge in [-0.1, -0.05) is 12.1 Å². The molecule has 0 bridgehead atoms. The van der Waals surface area contributed by atoms with E-state index in [-0.39, 0.29) is 31.4 Å². The lowest BCUT2D eigenvalue weighted by atomic mass is 9.88. The summed E-state index contributed by atoms with van der Waals surface area (Å²) in [5.41, 5.74) is 10.3. The molecule has 1 aromatic carbocycles. The van der Waals surface area contributed by atoms with Crippen molar-refractivity contribution in [3.8, 4) is 11.1 Å². The third-order valence-corrected chi connectivity index (χ3v) is 4.99. The van der Waals surface area contributed by atoms with E-state index in [9.17, 15) is 25.2 Å². The second kappa shape index (κ2) is 7.59. The molecule has 0 amide bonds. The van der Waals surface area contributed by atoms with Crippen LogP contribution in [0.4, 0.5) is 0 Å². The van der Waals surface area contributed by atoms with Gasteiger partial charge in [0.25, 0.3) is 0 Å². The number of benzene rings is 1. The average Bonchev–Trinajstić information content (AvgIpc) is 3.41. The maximum absolute atomic E-state index is 11.7. The summed E-state index contributed by atoms with van der Waals surface area (Å²) in [6.45, 7) is -0.534. The summed E-state index contributed by atoms with van der Waals surface area (Å²) in [7, 11) is 0. The number of rotatable bonds is 8. The largest absolute Gasteiger partial charge is 0.477 e. The summed E-state index contributed by atoms with van der Waals surface area (Å²) >= 11 is 0. The van der Waals surface area contributed by atoms with E-state index >= 15 is 0 Å². The van der Waals surface area contributed by atoms with E-state index in [1.807, 2.05) is 0 Å².